The zero-order valence-electron chi connectivity index (χ0n) is 14.0. The monoisotopic (exact) mass is 347 g/mol. The molecule has 5 nitrogen and oxygen atoms in total. The second kappa shape index (κ2) is 6.59. The Morgan fingerprint density at radius 1 is 0.846 bits per heavy atom. The molecule has 1 aliphatic heterocycles. The average Bonchev–Trinajstić information content (AvgIpc) is 2.94. The fourth-order valence-corrected chi connectivity index (χ4v) is 3.46. The van der Waals surface area contributed by atoms with E-state index < -0.39 is 5.97 Å². The zero-order valence-corrected chi connectivity index (χ0v) is 14.0. The van der Waals surface area contributed by atoms with Crippen molar-refractivity contribution in [1.82, 2.24) is 0 Å². The number of allylic oxidation sites excluding steroid dienone is 2. The van der Waals surface area contributed by atoms with E-state index in [9.17, 15) is 14.4 Å². The van der Waals surface area contributed by atoms with Crippen LogP contribution in [0.4, 0.5) is 5.69 Å². The van der Waals surface area contributed by atoms with Gasteiger partial charge in [0.1, 0.15) is 5.75 Å². The molecule has 5 heteroatoms. The Labute approximate surface area is 150 Å². The van der Waals surface area contributed by atoms with Crippen LogP contribution in [0.2, 0.25) is 0 Å². The number of ether oxygens (including phenoxy) is 1. The number of benzene rings is 2. The molecule has 1 fully saturated rings. The van der Waals surface area contributed by atoms with E-state index in [2.05, 4.69) is 0 Å². The Balaban J connectivity index is 1.51. The van der Waals surface area contributed by atoms with Gasteiger partial charge in [0.2, 0.25) is 11.8 Å². The molecule has 0 bridgehead atoms. The summed E-state index contributed by atoms with van der Waals surface area (Å²) in [7, 11) is 0. The number of hydrogen-bond acceptors (Lipinski definition) is 4. The molecule has 0 saturated carbocycles. The lowest BCUT2D eigenvalue weighted by Crippen LogP contribution is -2.30. The van der Waals surface area contributed by atoms with Crippen LogP contribution in [0.5, 0.6) is 5.75 Å². The number of amides is 2. The minimum Gasteiger partial charge on any atom is -0.423 e. The number of esters is 1. The largest absolute Gasteiger partial charge is 0.423 e. The number of imide groups is 1. The fourth-order valence-electron chi connectivity index (χ4n) is 3.46. The molecule has 0 aromatic heterocycles. The summed E-state index contributed by atoms with van der Waals surface area (Å²) < 4.78 is 5.33. The van der Waals surface area contributed by atoms with Gasteiger partial charge >= 0.3 is 5.97 Å². The van der Waals surface area contributed by atoms with Crippen LogP contribution in [-0.2, 0) is 9.59 Å². The Morgan fingerprint density at radius 2 is 1.42 bits per heavy atom. The molecule has 2 amide bonds. The van der Waals surface area contributed by atoms with Crippen molar-refractivity contribution < 1.29 is 19.1 Å². The lowest BCUT2D eigenvalue weighted by Gasteiger charge is -2.15. The van der Waals surface area contributed by atoms with E-state index in [1.165, 1.54) is 4.90 Å². The van der Waals surface area contributed by atoms with Crippen LogP contribution in [0.1, 0.15) is 23.2 Å². The maximum atomic E-state index is 12.6. The van der Waals surface area contributed by atoms with Crippen molar-refractivity contribution in [3.8, 4) is 5.75 Å². The number of fused-ring (bicyclic) bond motifs is 1. The van der Waals surface area contributed by atoms with Gasteiger partial charge in [-0.15, -0.1) is 0 Å². The first-order valence-electron chi connectivity index (χ1n) is 8.55. The summed E-state index contributed by atoms with van der Waals surface area (Å²) in [5.41, 5.74) is 0.965. The Kier molecular flexibility index (Phi) is 4.13. The first kappa shape index (κ1) is 16.3. The van der Waals surface area contributed by atoms with Crippen LogP contribution in [0.15, 0.2) is 66.7 Å². The Hall–Kier alpha value is -3.21. The van der Waals surface area contributed by atoms with E-state index in [4.69, 9.17) is 4.74 Å². The van der Waals surface area contributed by atoms with Gasteiger partial charge in [-0.1, -0.05) is 30.4 Å². The maximum Gasteiger partial charge on any atom is 0.343 e. The molecule has 1 aliphatic carbocycles. The molecule has 2 aromatic carbocycles. The minimum atomic E-state index is -0.455. The van der Waals surface area contributed by atoms with E-state index in [0.717, 1.165) is 0 Å². The van der Waals surface area contributed by atoms with Gasteiger partial charge in [-0.05, 0) is 49.2 Å². The van der Waals surface area contributed by atoms with E-state index in [-0.39, 0.29) is 23.7 Å². The van der Waals surface area contributed by atoms with Crippen LogP contribution in [0.3, 0.4) is 0 Å². The van der Waals surface area contributed by atoms with Crippen molar-refractivity contribution in [3.05, 3.63) is 72.3 Å². The summed E-state index contributed by atoms with van der Waals surface area (Å²) in [6.45, 7) is 0. The summed E-state index contributed by atoms with van der Waals surface area (Å²) in [6.07, 6.45) is 5.14. The standard InChI is InChI=1S/C21H17NO4/c23-19-17-8-4-5-9-18(17)20(24)22(19)15-10-12-16(13-11-15)26-21(25)14-6-2-1-3-7-14/h1-7,10-13,17-18H,8-9H2/t17-,18-/m1/s1. The van der Waals surface area contributed by atoms with E-state index in [0.29, 0.717) is 29.8 Å². The van der Waals surface area contributed by atoms with Gasteiger partial charge in [0.25, 0.3) is 0 Å². The number of hydrogen-bond donors (Lipinski definition) is 0. The third-order valence-electron chi connectivity index (χ3n) is 4.82. The summed E-state index contributed by atoms with van der Waals surface area (Å²) in [5, 5.41) is 0. The molecule has 2 aromatic rings. The highest BCUT2D eigenvalue weighted by Crippen LogP contribution is 2.37. The van der Waals surface area contributed by atoms with Crippen LogP contribution >= 0.6 is 0 Å². The lowest BCUT2D eigenvalue weighted by atomic mass is 9.85. The molecular formula is C21H17NO4. The summed E-state index contributed by atoms with van der Waals surface area (Å²) in [4.78, 5) is 38.5. The molecule has 130 valence electrons. The van der Waals surface area contributed by atoms with Gasteiger partial charge in [0, 0.05) is 0 Å². The maximum absolute atomic E-state index is 12.6. The van der Waals surface area contributed by atoms with Crippen LogP contribution < -0.4 is 9.64 Å². The molecule has 26 heavy (non-hydrogen) atoms. The van der Waals surface area contributed by atoms with Crippen LogP contribution in [0, 0.1) is 11.8 Å². The number of carbonyl (C=O) groups excluding carboxylic acids is 3. The van der Waals surface area contributed by atoms with Crippen molar-refractivity contribution in [2.45, 2.75) is 12.8 Å². The van der Waals surface area contributed by atoms with Crippen molar-refractivity contribution in [3.63, 3.8) is 0 Å². The van der Waals surface area contributed by atoms with E-state index in [1.807, 2.05) is 18.2 Å². The molecule has 2 atom stereocenters. The van der Waals surface area contributed by atoms with Gasteiger partial charge in [0.15, 0.2) is 0 Å². The first-order valence-corrected chi connectivity index (χ1v) is 8.55. The molecule has 1 saturated heterocycles. The average molecular weight is 347 g/mol. The normalized spacial score (nSPS) is 21.6. The van der Waals surface area contributed by atoms with Crippen molar-refractivity contribution >= 4 is 23.5 Å². The minimum absolute atomic E-state index is 0.154. The smallest absolute Gasteiger partial charge is 0.343 e. The summed E-state index contributed by atoms with van der Waals surface area (Å²) in [6, 6.07) is 15.2. The van der Waals surface area contributed by atoms with Gasteiger partial charge in [-0.3, -0.25) is 14.5 Å². The third-order valence-corrected chi connectivity index (χ3v) is 4.82. The Morgan fingerprint density at radius 3 is 2.00 bits per heavy atom. The van der Waals surface area contributed by atoms with Gasteiger partial charge in [-0.2, -0.15) is 0 Å². The highest BCUT2D eigenvalue weighted by atomic mass is 16.5. The molecule has 1 heterocycles. The molecule has 0 N–H and O–H groups in total. The highest BCUT2D eigenvalue weighted by Gasteiger charge is 2.47. The third kappa shape index (κ3) is 2.81. The molecule has 0 radical (unpaired) electrons. The number of nitrogens with zero attached hydrogens (tertiary/aromatic N) is 1. The lowest BCUT2D eigenvalue weighted by molar-refractivity contribution is -0.122. The number of anilines is 1. The van der Waals surface area contributed by atoms with Crippen LogP contribution in [-0.4, -0.2) is 17.8 Å². The van der Waals surface area contributed by atoms with Crippen molar-refractivity contribution in [2.75, 3.05) is 4.90 Å². The van der Waals surface area contributed by atoms with E-state index in [1.54, 1.807) is 48.5 Å². The number of carbonyl (C=O) groups is 3. The SMILES string of the molecule is O=C(Oc1ccc(N2C(=O)[C@@H]3CC=CC[C@H]3C2=O)cc1)c1ccccc1. The molecule has 0 unspecified atom stereocenters. The predicted molar refractivity (Wildman–Crippen MR) is 95.7 cm³/mol. The van der Waals surface area contributed by atoms with Crippen molar-refractivity contribution in [1.29, 1.82) is 0 Å². The highest BCUT2D eigenvalue weighted by molar-refractivity contribution is 6.22. The topological polar surface area (TPSA) is 63.7 Å². The molecule has 2 aliphatic rings. The number of rotatable bonds is 3. The van der Waals surface area contributed by atoms with Crippen molar-refractivity contribution in [2.24, 2.45) is 11.8 Å². The molecular weight excluding hydrogens is 330 g/mol. The molecule has 4 rings (SSSR count). The second-order valence-corrected chi connectivity index (χ2v) is 6.42. The predicted octanol–water partition coefficient (Wildman–Crippen LogP) is 3.36. The van der Waals surface area contributed by atoms with Gasteiger partial charge < -0.3 is 4.74 Å². The van der Waals surface area contributed by atoms with E-state index >= 15 is 0 Å². The molecule has 0 spiro atoms. The summed E-state index contributed by atoms with van der Waals surface area (Å²) in [5.74, 6) is -0.924. The van der Waals surface area contributed by atoms with Gasteiger partial charge in [0.05, 0.1) is 23.1 Å². The Bertz CT molecular complexity index is 860. The second-order valence-electron chi connectivity index (χ2n) is 6.42. The van der Waals surface area contributed by atoms with Crippen LogP contribution in [0.25, 0.3) is 0 Å². The fraction of sp³-hybridized carbons (Fsp3) is 0.190. The first-order chi connectivity index (χ1) is 12.6. The summed E-state index contributed by atoms with van der Waals surface area (Å²) >= 11 is 0. The zero-order chi connectivity index (χ0) is 18.1. The quantitative estimate of drug-likeness (QED) is 0.370. The van der Waals surface area contributed by atoms with Gasteiger partial charge in [-0.25, -0.2) is 4.79 Å².